The molecule has 1 aromatic rings. The average molecular weight is 430 g/mol. The van der Waals surface area contributed by atoms with Gasteiger partial charge in [0.15, 0.2) is 0 Å². The van der Waals surface area contributed by atoms with Crippen molar-refractivity contribution < 1.29 is 32.7 Å². The summed E-state index contributed by atoms with van der Waals surface area (Å²) in [6.45, 7) is 5.80. The van der Waals surface area contributed by atoms with E-state index in [0.29, 0.717) is 23.9 Å². The van der Waals surface area contributed by atoms with E-state index in [1.807, 2.05) is 24.0 Å². The summed E-state index contributed by atoms with van der Waals surface area (Å²) in [5.74, 6) is -1.61. The first-order chi connectivity index (χ1) is 14.0. The van der Waals surface area contributed by atoms with Crippen molar-refractivity contribution in [2.24, 2.45) is 11.8 Å². The van der Waals surface area contributed by atoms with Crippen LogP contribution in [0.2, 0.25) is 0 Å². The molecule has 166 valence electrons. The number of hydrogen-bond acceptors (Lipinski definition) is 5. The maximum absolute atomic E-state index is 12.6. The molecule has 2 atom stereocenters. The number of carbonyl (C=O) groups excluding carboxylic acids is 2. The summed E-state index contributed by atoms with van der Waals surface area (Å²) in [6.07, 6.45) is -2.37. The van der Waals surface area contributed by atoms with E-state index in [9.17, 15) is 22.8 Å². The molecule has 30 heavy (non-hydrogen) atoms. The van der Waals surface area contributed by atoms with Gasteiger partial charge in [-0.2, -0.15) is 13.2 Å². The number of fused-ring (bicyclic) bond motifs is 1. The van der Waals surface area contributed by atoms with E-state index in [1.165, 1.54) is 0 Å². The minimum absolute atomic E-state index is 0.0557. The van der Waals surface area contributed by atoms with E-state index in [4.69, 9.17) is 9.90 Å². The molecule has 0 spiro atoms. The second kappa shape index (κ2) is 9.88. The number of aromatic nitrogens is 1. The fourth-order valence-corrected chi connectivity index (χ4v) is 3.61. The first kappa shape index (κ1) is 23.6. The molecule has 0 saturated carbocycles. The number of aryl methyl sites for hydroxylation is 1. The van der Waals surface area contributed by atoms with Crippen LogP contribution in [0.1, 0.15) is 22.5 Å². The Morgan fingerprint density at radius 3 is 2.37 bits per heavy atom. The van der Waals surface area contributed by atoms with Gasteiger partial charge in [-0.3, -0.25) is 19.5 Å². The molecule has 3 heterocycles. The number of likely N-dealkylation sites (N-methyl/N-ethyl adjacent to an activating group) is 1. The van der Waals surface area contributed by atoms with Crippen LogP contribution >= 0.6 is 0 Å². The molecule has 0 unspecified atom stereocenters. The molecular weight excluding hydrogens is 405 g/mol. The molecule has 8 nitrogen and oxygen atoms in total. The molecule has 2 amide bonds. The van der Waals surface area contributed by atoms with Crippen LogP contribution in [0.15, 0.2) is 18.3 Å². The number of alkyl halides is 3. The summed E-state index contributed by atoms with van der Waals surface area (Å²) in [6, 6.07) is 3.73. The Morgan fingerprint density at radius 1 is 1.20 bits per heavy atom. The number of piperidine rings is 1. The number of amides is 2. The minimum Gasteiger partial charge on any atom is -0.475 e. The van der Waals surface area contributed by atoms with Crippen molar-refractivity contribution in [3.63, 3.8) is 0 Å². The molecule has 0 bridgehead atoms. The standard InChI is InChI=1S/C17H24N4O2.C2HF3O2/c1-12-3-4-13(7-19-12)17(23)21-9-14-5-6-20(8-15(14)10-21)11-16(22)18-2;3-2(4,5)1(6)7/h3-4,7,14-15H,5-6,8-11H2,1-2H3,(H,18,22);(H,6,7)/t14-,15+;/m0./s1. The lowest BCUT2D eigenvalue weighted by atomic mass is 9.89. The van der Waals surface area contributed by atoms with E-state index in [2.05, 4.69) is 15.2 Å². The molecule has 0 aromatic carbocycles. The number of carbonyl (C=O) groups is 3. The number of carboxylic acid groups (broad SMARTS) is 1. The molecule has 2 aliphatic heterocycles. The summed E-state index contributed by atoms with van der Waals surface area (Å²) in [5.41, 5.74) is 1.58. The van der Waals surface area contributed by atoms with Crippen molar-refractivity contribution in [1.29, 1.82) is 0 Å². The molecule has 2 aliphatic rings. The number of halogens is 3. The van der Waals surface area contributed by atoms with Crippen LogP contribution in [0, 0.1) is 18.8 Å². The van der Waals surface area contributed by atoms with Crippen LogP contribution in [0.5, 0.6) is 0 Å². The molecule has 3 rings (SSSR count). The van der Waals surface area contributed by atoms with Gasteiger partial charge in [0.1, 0.15) is 0 Å². The normalized spacial score (nSPS) is 21.3. The summed E-state index contributed by atoms with van der Waals surface area (Å²) in [5, 5.41) is 9.80. The third-order valence-corrected chi connectivity index (χ3v) is 5.22. The maximum atomic E-state index is 12.6. The van der Waals surface area contributed by atoms with E-state index < -0.39 is 12.1 Å². The highest BCUT2D eigenvalue weighted by atomic mass is 19.4. The van der Waals surface area contributed by atoms with E-state index in [1.54, 1.807) is 13.2 Å². The molecule has 2 fully saturated rings. The zero-order chi connectivity index (χ0) is 22.5. The quantitative estimate of drug-likeness (QED) is 0.746. The predicted octanol–water partition coefficient (Wildman–Crippen LogP) is 1.16. The Kier molecular flexibility index (Phi) is 7.77. The van der Waals surface area contributed by atoms with Crippen LogP contribution in [0.4, 0.5) is 13.2 Å². The topological polar surface area (TPSA) is 103 Å². The number of carboxylic acids is 1. The second-order valence-corrected chi connectivity index (χ2v) is 7.42. The molecule has 2 N–H and O–H groups in total. The monoisotopic (exact) mass is 430 g/mol. The molecule has 0 aliphatic carbocycles. The molecule has 0 radical (unpaired) electrons. The fraction of sp³-hybridized carbons (Fsp3) is 0.579. The highest BCUT2D eigenvalue weighted by Crippen LogP contribution is 2.31. The van der Waals surface area contributed by atoms with Gasteiger partial charge in [0, 0.05) is 38.6 Å². The Labute approximate surface area is 172 Å². The van der Waals surface area contributed by atoms with Gasteiger partial charge >= 0.3 is 12.1 Å². The number of nitrogens with one attached hydrogen (secondary N) is 1. The molecule has 11 heteroatoms. The zero-order valence-electron chi connectivity index (χ0n) is 16.8. The SMILES string of the molecule is CNC(=O)CN1CC[C@H]2CN(C(=O)c3ccc(C)nc3)C[C@H]2C1.O=C(O)C(F)(F)F. The summed E-state index contributed by atoms with van der Waals surface area (Å²) in [7, 11) is 1.67. The lowest BCUT2D eigenvalue weighted by molar-refractivity contribution is -0.192. The van der Waals surface area contributed by atoms with Gasteiger partial charge in [-0.15, -0.1) is 0 Å². The number of likely N-dealkylation sites (tertiary alicyclic amines) is 2. The largest absolute Gasteiger partial charge is 0.490 e. The smallest absolute Gasteiger partial charge is 0.475 e. The third-order valence-electron chi connectivity index (χ3n) is 5.22. The lowest BCUT2D eigenvalue weighted by Gasteiger charge is -2.33. The van der Waals surface area contributed by atoms with Crippen LogP contribution in [0.3, 0.4) is 0 Å². The van der Waals surface area contributed by atoms with Gasteiger partial charge in [0.05, 0.1) is 12.1 Å². The van der Waals surface area contributed by atoms with Crippen molar-refractivity contribution in [3.05, 3.63) is 29.6 Å². The minimum atomic E-state index is -5.08. The molecule has 2 saturated heterocycles. The highest BCUT2D eigenvalue weighted by Gasteiger charge is 2.39. The second-order valence-electron chi connectivity index (χ2n) is 7.42. The number of nitrogens with zero attached hydrogens (tertiary/aromatic N) is 3. The summed E-state index contributed by atoms with van der Waals surface area (Å²) < 4.78 is 31.7. The van der Waals surface area contributed by atoms with E-state index >= 15 is 0 Å². The van der Waals surface area contributed by atoms with Crippen LogP contribution in [-0.2, 0) is 9.59 Å². The Hall–Kier alpha value is -2.69. The summed E-state index contributed by atoms with van der Waals surface area (Å²) >= 11 is 0. The maximum Gasteiger partial charge on any atom is 0.490 e. The van der Waals surface area contributed by atoms with Crippen molar-refractivity contribution in [1.82, 2.24) is 20.1 Å². The molecular formula is C19H25F3N4O4. The van der Waals surface area contributed by atoms with Crippen LogP contribution < -0.4 is 5.32 Å². The van der Waals surface area contributed by atoms with Crippen LogP contribution in [0.25, 0.3) is 0 Å². The third kappa shape index (κ3) is 6.41. The highest BCUT2D eigenvalue weighted by molar-refractivity contribution is 5.94. The van der Waals surface area contributed by atoms with Crippen molar-refractivity contribution >= 4 is 17.8 Å². The summed E-state index contributed by atoms with van der Waals surface area (Å²) in [4.78, 5) is 41.4. The number of pyridine rings is 1. The number of aliphatic carboxylic acids is 1. The van der Waals surface area contributed by atoms with Gasteiger partial charge in [-0.1, -0.05) is 0 Å². The first-order valence-corrected chi connectivity index (χ1v) is 9.46. The number of rotatable bonds is 3. The molecule has 1 aromatic heterocycles. The van der Waals surface area contributed by atoms with Crippen molar-refractivity contribution in [2.45, 2.75) is 19.5 Å². The Balaban J connectivity index is 0.000000396. The zero-order valence-corrected chi connectivity index (χ0v) is 16.8. The Morgan fingerprint density at radius 2 is 1.83 bits per heavy atom. The van der Waals surface area contributed by atoms with Crippen LogP contribution in [-0.4, -0.2) is 83.6 Å². The lowest BCUT2D eigenvalue weighted by Crippen LogP contribution is -2.44. The van der Waals surface area contributed by atoms with Gasteiger partial charge in [-0.05, 0) is 43.9 Å². The van der Waals surface area contributed by atoms with E-state index in [-0.39, 0.29) is 11.8 Å². The predicted molar refractivity (Wildman–Crippen MR) is 101 cm³/mol. The average Bonchev–Trinajstić information content (AvgIpc) is 3.11. The van der Waals surface area contributed by atoms with Crippen molar-refractivity contribution in [2.75, 3.05) is 39.8 Å². The van der Waals surface area contributed by atoms with Crippen molar-refractivity contribution in [3.8, 4) is 0 Å². The Bertz CT molecular complexity index is 770. The van der Waals surface area contributed by atoms with E-state index in [0.717, 1.165) is 38.3 Å². The first-order valence-electron chi connectivity index (χ1n) is 9.46. The number of hydrogen-bond donors (Lipinski definition) is 2. The van der Waals surface area contributed by atoms with Gasteiger partial charge < -0.3 is 15.3 Å². The van der Waals surface area contributed by atoms with Gasteiger partial charge in [0.2, 0.25) is 5.91 Å². The van der Waals surface area contributed by atoms with Gasteiger partial charge in [0.25, 0.3) is 5.91 Å². The fourth-order valence-electron chi connectivity index (χ4n) is 3.61. The van der Waals surface area contributed by atoms with Gasteiger partial charge in [-0.25, -0.2) is 4.79 Å².